The van der Waals surface area contributed by atoms with E-state index in [1.807, 2.05) is 60.2 Å². The number of rotatable bonds is 9. The summed E-state index contributed by atoms with van der Waals surface area (Å²) in [5, 5.41) is 7.63. The zero-order chi connectivity index (χ0) is 43.2. The third kappa shape index (κ3) is 7.51. The van der Waals surface area contributed by atoms with E-state index in [-0.39, 0.29) is 35.7 Å². The average Bonchev–Trinajstić information content (AvgIpc) is 4.12. The highest BCUT2D eigenvalue weighted by Crippen LogP contribution is 2.45. The van der Waals surface area contributed by atoms with E-state index in [4.69, 9.17) is 24.2 Å². The Morgan fingerprint density at radius 2 is 1.68 bits per heavy atom. The largest absolute Gasteiger partial charge is 0.488 e. The van der Waals surface area contributed by atoms with Gasteiger partial charge in [-0.15, -0.1) is 0 Å². The Bertz CT molecular complexity index is 2610. The zero-order valence-electron chi connectivity index (χ0n) is 35.6. The Kier molecular flexibility index (Phi) is 10.9. The van der Waals surface area contributed by atoms with Crippen LogP contribution in [0.2, 0.25) is 0 Å². The predicted molar refractivity (Wildman–Crippen MR) is 234 cm³/mol. The molecule has 4 aliphatic rings. The van der Waals surface area contributed by atoms with E-state index in [1.165, 1.54) is 14.2 Å². The Morgan fingerprint density at radius 3 is 2.45 bits per heavy atom. The second-order valence-electron chi connectivity index (χ2n) is 17.1. The number of aromatic nitrogens is 2. The van der Waals surface area contributed by atoms with Gasteiger partial charge in [-0.2, -0.15) is 0 Å². The van der Waals surface area contributed by atoms with Crippen LogP contribution in [0.1, 0.15) is 74.6 Å². The van der Waals surface area contributed by atoms with Crippen LogP contribution in [0.15, 0.2) is 84.0 Å². The molecule has 320 valence electrons. The lowest BCUT2D eigenvalue weighted by molar-refractivity contribution is -0.135. The number of nitrogens with one attached hydrogen (secondary N) is 3. The van der Waals surface area contributed by atoms with Crippen molar-refractivity contribution in [1.82, 2.24) is 30.4 Å². The number of ether oxygens (including phenoxy) is 3. The summed E-state index contributed by atoms with van der Waals surface area (Å²) in [6.45, 7) is 7.49. The molecule has 0 aliphatic carbocycles. The number of aromatic amines is 1. The van der Waals surface area contributed by atoms with E-state index in [0.29, 0.717) is 37.5 Å². The van der Waals surface area contributed by atoms with Gasteiger partial charge in [-0.25, -0.2) is 14.6 Å². The summed E-state index contributed by atoms with van der Waals surface area (Å²) in [4.78, 5) is 69.4. The lowest BCUT2D eigenvalue weighted by Gasteiger charge is -2.30. The molecule has 1 aromatic heterocycles. The molecule has 5 aromatic rings. The molecule has 2 fully saturated rings. The van der Waals surface area contributed by atoms with E-state index >= 15 is 0 Å². The molecule has 62 heavy (non-hydrogen) atoms. The Labute approximate surface area is 360 Å². The van der Waals surface area contributed by atoms with Crippen LogP contribution < -0.4 is 15.4 Å². The molecule has 14 heteroatoms. The van der Waals surface area contributed by atoms with Crippen molar-refractivity contribution in [2.45, 2.75) is 77.2 Å². The van der Waals surface area contributed by atoms with E-state index < -0.39 is 24.3 Å². The summed E-state index contributed by atoms with van der Waals surface area (Å²) < 4.78 is 16.1. The molecule has 2 saturated heterocycles. The maximum atomic E-state index is 14.3. The average molecular weight is 838 g/mol. The molecular formula is C48H51N7O7. The number of alkyl carbamates (subject to hydrolysis) is 2. The number of aliphatic imine (C=N–C) groups is 1. The number of methoxy groups -OCH3 is 2. The Morgan fingerprint density at radius 1 is 0.887 bits per heavy atom. The molecule has 4 amide bonds. The van der Waals surface area contributed by atoms with Gasteiger partial charge in [0.1, 0.15) is 30.3 Å². The van der Waals surface area contributed by atoms with Gasteiger partial charge in [0.05, 0.1) is 43.9 Å². The van der Waals surface area contributed by atoms with Gasteiger partial charge in [0.25, 0.3) is 0 Å². The normalized spacial score (nSPS) is 19.8. The first-order valence-electron chi connectivity index (χ1n) is 21.3. The molecule has 5 atom stereocenters. The quantitative estimate of drug-likeness (QED) is 0.135. The number of fused-ring (bicyclic) bond motifs is 6. The Hall–Kier alpha value is -6.70. The first kappa shape index (κ1) is 40.7. The van der Waals surface area contributed by atoms with E-state index in [9.17, 15) is 19.2 Å². The molecule has 4 aliphatic heterocycles. The standard InChI is InChI=1S/C48H51N7O7/c1-26(2)42(52-47(58)60-4)45(56)54-17-9-12-39(54)44-49-23-38(51-44)30-13-15-32-31(19-30)25-62-41-22-33-29(20-35(32)41)14-16-36-34(33)21-37(50-36)40-18-27(3)24-55(40)46(57)43(53-48(59)61-5)28-10-7-6-8-11-28/h6-8,10-11,13-16,19-20,22-23,26-27,39-40,42-43H,9,12,17-18,21,24-25H2,1-5H3,(H,49,51)(H,52,58)(H,53,59)/t27-,39-,40-,42-,43+/m0/s1. The van der Waals surface area contributed by atoms with Crippen LogP contribution in [0.3, 0.4) is 0 Å². The van der Waals surface area contributed by atoms with Gasteiger partial charge < -0.3 is 39.6 Å². The van der Waals surface area contributed by atoms with E-state index in [1.54, 1.807) is 0 Å². The molecule has 9 rings (SSSR count). The molecule has 3 N–H and O–H groups in total. The van der Waals surface area contributed by atoms with Gasteiger partial charge in [-0.3, -0.25) is 14.6 Å². The van der Waals surface area contributed by atoms with Gasteiger partial charge in [0.2, 0.25) is 11.8 Å². The van der Waals surface area contributed by atoms with Gasteiger partial charge in [-0.1, -0.05) is 69.3 Å². The molecule has 0 unspecified atom stereocenters. The lowest BCUT2D eigenvalue weighted by atomic mass is 9.90. The summed E-state index contributed by atoms with van der Waals surface area (Å²) in [6.07, 6.45) is 3.51. The smallest absolute Gasteiger partial charge is 0.407 e. The molecule has 0 bridgehead atoms. The van der Waals surface area contributed by atoms with Crippen molar-refractivity contribution in [2.24, 2.45) is 16.8 Å². The molecule has 0 spiro atoms. The molecule has 4 aromatic carbocycles. The van der Waals surface area contributed by atoms with Crippen LogP contribution in [0.25, 0.3) is 33.2 Å². The van der Waals surface area contributed by atoms with Crippen LogP contribution in [0.4, 0.5) is 15.3 Å². The Balaban J connectivity index is 0.935. The fraction of sp³-hybridized carbons (Fsp3) is 0.375. The van der Waals surface area contributed by atoms with Crippen molar-refractivity contribution < 1.29 is 33.4 Å². The zero-order valence-corrected chi connectivity index (χ0v) is 35.6. The fourth-order valence-corrected chi connectivity index (χ4v) is 9.62. The third-order valence-corrected chi connectivity index (χ3v) is 12.8. The van der Waals surface area contributed by atoms with Crippen LogP contribution in [0, 0.1) is 11.8 Å². The number of imidazole rings is 1. The fourth-order valence-electron chi connectivity index (χ4n) is 9.62. The number of carbonyl (C=O) groups is 4. The van der Waals surface area contributed by atoms with Crippen LogP contribution >= 0.6 is 0 Å². The number of hydrogen-bond acceptors (Lipinski definition) is 9. The van der Waals surface area contributed by atoms with Crippen LogP contribution in [-0.2, 0) is 32.1 Å². The maximum absolute atomic E-state index is 14.3. The minimum Gasteiger partial charge on any atom is -0.488 e. The van der Waals surface area contributed by atoms with Crippen LogP contribution in [0.5, 0.6) is 5.75 Å². The number of benzene rings is 4. The molecule has 0 saturated carbocycles. The summed E-state index contributed by atoms with van der Waals surface area (Å²) in [5.41, 5.74) is 8.62. The van der Waals surface area contributed by atoms with E-state index in [2.05, 4.69) is 65.0 Å². The second-order valence-corrected chi connectivity index (χ2v) is 17.1. The minimum atomic E-state index is -0.886. The third-order valence-electron chi connectivity index (χ3n) is 12.8. The topological polar surface area (TPSA) is 168 Å². The predicted octanol–water partition coefficient (Wildman–Crippen LogP) is 7.80. The molecule has 14 nitrogen and oxygen atoms in total. The highest BCUT2D eigenvalue weighted by atomic mass is 16.5. The van der Waals surface area contributed by atoms with Crippen molar-refractivity contribution in [2.75, 3.05) is 27.3 Å². The number of carbonyl (C=O) groups excluding carboxylic acids is 4. The number of likely N-dealkylation sites (tertiary alicyclic amines) is 2. The SMILES string of the molecule is COC(=O)N[C@H](C(=O)N1CCC[C@H]1c1ncc(-c2ccc3c(c2)COc2cc4c5c(ccc4cc2-3)N=C([C@@H]2C[C@H](C)CN2C(=O)[C@H](NC(=O)OC)c2ccccc2)C5)[nH]1)C(C)C. The van der Waals surface area contributed by atoms with Gasteiger partial charge in [0, 0.05) is 30.8 Å². The second kappa shape index (κ2) is 16.6. The molecule has 5 heterocycles. The number of hydrogen-bond donors (Lipinski definition) is 3. The van der Waals surface area contributed by atoms with Gasteiger partial charge in [0.15, 0.2) is 0 Å². The van der Waals surface area contributed by atoms with Crippen molar-refractivity contribution >= 4 is 46.2 Å². The number of nitrogens with zero attached hydrogens (tertiary/aromatic N) is 4. The highest BCUT2D eigenvalue weighted by molar-refractivity contribution is 6.06. The summed E-state index contributed by atoms with van der Waals surface area (Å²) in [7, 11) is 2.59. The van der Waals surface area contributed by atoms with Crippen molar-refractivity contribution in [1.29, 1.82) is 0 Å². The summed E-state index contributed by atoms with van der Waals surface area (Å²) >= 11 is 0. The lowest BCUT2D eigenvalue weighted by Crippen LogP contribution is -2.51. The highest BCUT2D eigenvalue weighted by Gasteiger charge is 2.42. The maximum Gasteiger partial charge on any atom is 0.407 e. The first-order valence-corrected chi connectivity index (χ1v) is 21.3. The van der Waals surface area contributed by atoms with Crippen molar-refractivity contribution in [3.05, 3.63) is 102 Å². The first-order chi connectivity index (χ1) is 30.0. The molecule has 0 radical (unpaired) electrons. The summed E-state index contributed by atoms with van der Waals surface area (Å²) in [5.74, 6) is 1.33. The number of amides is 4. The summed E-state index contributed by atoms with van der Waals surface area (Å²) in [6, 6.07) is 22.1. The van der Waals surface area contributed by atoms with E-state index in [0.717, 1.165) is 80.7 Å². The number of H-pyrrole nitrogens is 1. The van der Waals surface area contributed by atoms with Crippen molar-refractivity contribution in [3.63, 3.8) is 0 Å². The van der Waals surface area contributed by atoms with Crippen molar-refractivity contribution in [3.8, 4) is 28.1 Å². The van der Waals surface area contributed by atoms with Gasteiger partial charge >= 0.3 is 12.2 Å². The van der Waals surface area contributed by atoms with Gasteiger partial charge in [-0.05, 0) is 94.0 Å². The minimum absolute atomic E-state index is 0.117. The van der Waals surface area contributed by atoms with Crippen LogP contribution in [-0.4, -0.2) is 88.9 Å². The monoisotopic (exact) mass is 837 g/mol. The molecular weight excluding hydrogens is 787 g/mol.